The maximum Gasteiger partial charge on any atom is -0.0111 e. The second-order valence-electron chi connectivity index (χ2n) is 3.68. The Morgan fingerprint density at radius 3 is 2.55 bits per heavy atom. The van der Waals surface area contributed by atoms with E-state index in [2.05, 4.69) is 39.0 Å². The van der Waals surface area contributed by atoms with E-state index < -0.39 is 0 Å². The van der Waals surface area contributed by atoms with E-state index in [4.69, 9.17) is 0 Å². The summed E-state index contributed by atoms with van der Waals surface area (Å²) in [4.78, 5) is 0. The fourth-order valence-electron chi connectivity index (χ4n) is 1.33. The van der Waals surface area contributed by atoms with Gasteiger partial charge in [0.05, 0.1) is 0 Å². The van der Waals surface area contributed by atoms with Crippen LogP contribution in [0.3, 0.4) is 0 Å². The van der Waals surface area contributed by atoms with Crippen molar-refractivity contribution in [3.63, 3.8) is 0 Å². The van der Waals surface area contributed by atoms with Crippen LogP contribution in [0, 0.1) is 5.41 Å². The Labute approximate surface area is 70.0 Å². The SMILES string of the molecule is CCC1=CCC(C)(CC)C=C1. The largest absolute Gasteiger partial charge is 0.0805 e. The normalized spacial score (nSPS) is 30.3. The minimum atomic E-state index is 0.443. The van der Waals surface area contributed by atoms with Gasteiger partial charge in [0.25, 0.3) is 0 Å². The molecule has 0 fully saturated rings. The zero-order valence-corrected chi connectivity index (χ0v) is 7.85. The van der Waals surface area contributed by atoms with Crippen LogP contribution in [-0.4, -0.2) is 0 Å². The standard InChI is InChI=1S/C11H18/c1-4-10-6-8-11(3,5-2)9-7-10/h6-8H,4-5,9H2,1-3H3. The predicted molar refractivity (Wildman–Crippen MR) is 50.5 cm³/mol. The third-order valence-electron chi connectivity index (χ3n) is 2.75. The highest BCUT2D eigenvalue weighted by Gasteiger charge is 2.19. The van der Waals surface area contributed by atoms with Gasteiger partial charge in [0.2, 0.25) is 0 Å². The molecule has 0 heteroatoms. The molecule has 0 N–H and O–H groups in total. The first-order chi connectivity index (χ1) is 5.20. The summed E-state index contributed by atoms with van der Waals surface area (Å²) in [5.74, 6) is 0. The van der Waals surface area contributed by atoms with Crippen LogP contribution in [-0.2, 0) is 0 Å². The molecule has 0 aromatic rings. The molecule has 0 radical (unpaired) electrons. The fourth-order valence-corrected chi connectivity index (χ4v) is 1.33. The lowest BCUT2D eigenvalue weighted by molar-refractivity contribution is 0.411. The van der Waals surface area contributed by atoms with E-state index in [0.29, 0.717) is 5.41 Å². The first kappa shape index (κ1) is 8.58. The molecular weight excluding hydrogens is 132 g/mol. The summed E-state index contributed by atoms with van der Waals surface area (Å²) in [6.07, 6.45) is 10.7. The van der Waals surface area contributed by atoms with E-state index in [9.17, 15) is 0 Å². The Morgan fingerprint density at radius 1 is 1.45 bits per heavy atom. The Bertz CT molecular complexity index is 186. The zero-order valence-electron chi connectivity index (χ0n) is 7.85. The Kier molecular flexibility index (Phi) is 2.53. The highest BCUT2D eigenvalue weighted by molar-refractivity contribution is 5.25. The lowest BCUT2D eigenvalue weighted by atomic mass is 9.79. The molecule has 62 valence electrons. The van der Waals surface area contributed by atoms with Crippen LogP contribution in [0.4, 0.5) is 0 Å². The van der Waals surface area contributed by atoms with Crippen molar-refractivity contribution < 1.29 is 0 Å². The lowest BCUT2D eigenvalue weighted by Gasteiger charge is -2.26. The number of allylic oxidation sites excluding steroid dienone is 4. The maximum absolute atomic E-state index is 2.38. The van der Waals surface area contributed by atoms with Gasteiger partial charge < -0.3 is 0 Å². The number of rotatable bonds is 2. The first-order valence-electron chi connectivity index (χ1n) is 4.58. The number of hydrogen-bond acceptors (Lipinski definition) is 0. The van der Waals surface area contributed by atoms with Crippen LogP contribution in [0.15, 0.2) is 23.8 Å². The van der Waals surface area contributed by atoms with E-state index in [0.717, 1.165) is 0 Å². The summed E-state index contributed by atoms with van der Waals surface area (Å²) in [6, 6.07) is 0. The highest BCUT2D eigenvalue weighted by Crippen LogP contribution is 2.32. The topological polar surface area (TPSA) is 0 Å². The number of hydrogen-bond donors (Lipinski definition) is 0. The Hall–Kier alpha value is -0.520. The van der Waals surface area contributed by atoms with Crippen LogP contribution in [0.2, 0.25) is 0 Å². The van der Waals surface area contributed by atoms with Crippen LogP contribution in [0.25, 0.3) is 0 Å². The molecule has 0 saturated carbocycles. The van der Waals surface area contributed by atoms with Crippen molar-refractivity contribution >= 4 is 0 Å². The summed E-state index contributed by atoms with van der Waals surface area (Å²) in [5.41, 5.74) is 1.94. The van der Waals surface area contributed by atoms with Gasteiger partial charge in [-0.1, -0.05) is 44.6 Å². The van der Waals surface area contributed by atoms with E-state index in [1.165, 1.54) is 24.8 Å². The molecular formula is C11H18. The third kappa shape index (κ3) is 1.95. The van der Waals surface area contributed by atoms with Gasteiger partial charge in [-0.05, 0) is 24.7 Å². The Morgan fingerprint density at radius 2 is 2.18 bits per heavy atom. The Balaban J connectivity index is 2.63. The van der Waals surface area contributed by atoms with E-state index in [1.807, 2.05) is 0 Å². The highest BCUT2D eigenvalue weighted by atomic mass is 14.2. The van der Waals surface area contributed by atoms with Gasteiger partial charge in [0.15, 0.2) is 0 Å². The quantitative estimate of drug-likeness (QED) is 0.563. The molecule has 1 rings (SSSR count). The summed E-state index contributed by atoms with van der Waals surface area (Å²) in [6.45, 7) is 6.80. The lowest BCUT2D eigenvalue weighted by Crippen LogP contribution is -2.12. The summed E-state index contributed by atoms with van der Waals surface area (Å²) in [5, 5.41) is 0. The average molecular weight is 150 g/mol. The molecule has 11 heavy (non-hydrogen) atoms. The van der Waals surface area contributed by atoms with Gasteiger partial charge in [0.1, 0.15) is 0 Å². The van der Waals surface area contributed by atoms with Gasteiger partial charge >= 0.3 is 0 Å². The molecule has 0 spiro atoms. The van der Waals surface area contributed by atoms with Gasteiger partial charge in [-0.3, -0.25) is 0 Å². The second-order valence-corrected chi connectivity index (χ2v) is 3.68. The van der Waals surface area contributed by atoms with E-state index in [1.54, 1.807) is 0 Å². The first-order valence-corrected chi connectivity index (χ1v) is 4.58. The fraction of sp³-hybridized carbons (Fsp3) is 0.636. The predicted octanol–water partition coefficient (Wildman–Crippen LogP) is 3.70. The van der Waals surface area contributed by atoms with E-state index >= 15 is 0 Å². The molecule has 1 unspecified atom stereocenters. The van der Waals surface area contributed by atoms with Gasteiger partial charge in [-0.25, -0.2) is 0 Å². The maximum atomic E-state index is 2.38. The van der Waals surface area contributed by atoms with Crippen molar-refractivity contribution in [2.75, 3.05) is 0 Å². The molecule has 1 aliphatic carbocycles. The molecule has 0 saturated heterocycles. The molecule has 0 amide bonds. The molecule has 0 aromatic heterocycles. The minimum Gasteiger partial charge on any atom is -0.0805 e. The molecule has 0 heterocycles. The molecule has 1 aliphatic rings. The van der Waals surface area contributed by atoms with Gasteiger partial charge in [-0.2, -0.15) is 0 Å². The average Bonchev–Trinajstić information content (AvgIpc) is 2.06. The van der Waals surface area contributed by atoms with Gasteiger partial charge in [0, 0.05) is 0 Å². The second kappa shape index (κ2) is 3.25. The van der Waals surface area contributed by atoms with Crippen molar-refractivity contribution in [2.45, 2.75) is 40.0 Å². The van der Waals surface area contributed by atoms with Crippen LogP contribution >= 0.6 is 0 Å². The molecule has 0 aromatic carbocycles. The van der Waals surface area contributed by atoms with E-state index in [-0.39, 0.29) is 0 Å². The molecule has 1 atom stereocenters. The van der Waals surface area contributed by atoms with Crippen LogP contribution < -0.4 is 0 Å². The van der Waals surface area contributed by atoms with Crippen molar-refractivity contribution in [3.05, 3.63) is 23.8 Å². The molecule has 0 aliphatic heterocycles. The van der Waals surface area contributed by atoms with Crippen molar-refractivity contribution in [1.82, 2.24) is 0 Å². The summed E-state index contributed by atoms with van der Waals surface area (Å²) >= 11 is 0. The van der Waals surface area contributed by atoms with Crippen molar-refractivity contribution in [3.8, 4) is 0 Å². The zero-order chi connectivity index (χ0) is 8.32. The third-order valence-corrected chi connectivity index (χ3v) is 2.75. The van der Waals surface area contributed by atoms with Crippen molar-refractivity contribution in [2.24, 2.45) is 5.41 Å². The molecule has 0 nitrogen and oxygen atoms in total. The van der Waals surface area contributed by atoms with Gasteiger partial charge in [-0.15, -0.1) is 0 Å². The van der Waals surface area contributed by atoms with Crippen molar-refractivity contribution in [1.29, 1.82) is 0 Å². The smallest absolute Gasteiger partial charge is 0.0111 e. The van der Waals surface area contributed by atoms with Crippen LogP contribution in [0.5, 0.6) is 0 Å². The molecule has 0 bridgehead atoms. The summed E-state index contributed by atoms with van der Waals surface area (Å²) in [7, 11) is 0. The summed E-state index contributed by atoms with van der Waals surface area (Å²) < 4.78 is 0. The minimum absolute atomic E-state index is 0.443. The van der Waals surface area contributed by atoms with Crippen LogP contribution in [0.1, 0.15) is 40.0 Å². The monoisotopic (exact) mass is 150 g/mol.